The molecule has 0 aliphatic rings. The minimum Gasteiger partial charge on any atom is -0.497 e. The summed E-state index contributed by atoms with van der Waals surface area (Å²) >= 11 is 0. The second-order valence-electron chi connectivity index (χ2n) is 6.01. The van der Waals surface area contributed by atoms with Crippen molar-refractivity contribution in [1.29, 1.82) is 0 Å². The first-order valence-electron chi connectivity index (χ1n) is 8.34. The standard InChI is InChI=1S/C19H26N4O2/c1-23(2)13-12-20-16-9-11-21-18(14-16)19(24)22-10-8-15-4-6-17(25-3)7-5-15/h4-7,9,11,14H,8,10,12-13H2,1-3H3,(H,20,21)(H,22,24). The van der Waals surface area contributed by atoms with Crippen LogP contribution in [0.3, 0.4) is 0 Å². The van der Waals surface area contributed by atoms with Crippen LogP contribution >= 0.6 is 0 Å². The number of pyridine rings is 1. The lowest BCUT2D eigenvalue weighted by Gasteiger charge is -2.12. The predicted octanol–water partition coefficient (Wildman–Crippen LogP) is 2.04. The van der Waals surface area contributed by atoms with Crippen molar-refractivity contribution in [3.8, 4) is 5.75 Å². The maximum absolute atomic E-state index is 12.2. The number of likely N-dealkylation sites (N-methyl/N-ethyl adjacent to an activating group) is 1. The summed E-state index contributed by atoms with van der Waals surface area (Å²) < 4.78 is 5.14. The zero-order chi connectivity index (χ0) is 18.1. The molecule has 0 aliphatic heterocycles. The number of nitrogens with zero attached hydrogens (tertiary/aromatic N) is 2. The number of ether oxygens (including phenoxy) is 1. The molecule has 6 nitrogen and oxygen atoms in total. The SMILES string of the molecule is COc1ccc(CCNC(=O)c2cc(NCCN(C)C)ccn2)cc1. The van der Waals surface area contributed by atoms with Crippen LogP contribution in [0.2, 0.25) is 0 Å². The van der Waals surface area contributed by atoms with E-state index in [1.165, 1.54) is 0 Å². The highest BCUT2D eigenvalue weighted by Gasteiger charge is 2.07. The van der Waals surface area contributed by atoms with Gasteiger partial charge in [-0.25, -0.2) is 0 Å². The van der Waals surface area contributed by atoms with Crippen molar-refractivity contribution in [2.45, 2.75) is 6.42 Å². The van der Waals surface area contributed by atoms with Crippen molar-refractivity contribution in [3.05, 3.63) is 53.9 Å². The number of methoxy groups -OCH3 is 1. The number of carbonyl (C=O) groups is 1. The summed E-state index contributed by atoms with van der Waals surface area (Å²) in [4.78, 5) is 18.5. The molecule has 0 atom stereocenters. The summed E-state index contributed by atoms with van der Waals surface area (Å²) in [6.07, 6.45) is 2.41. The van der Waals surface area contributed by atoms with Gasteiger partial charge in [0.2, 0.25) is 0 Å². The minimum atomic E-state index is -0.162. The van der Waals surface area contributed by atoms with Crippen LogP contribution < -0.4 is 15.4 Å². The summed E-state index contributed by atoms with van der Waals surface area (Å²) in [6.45, 7) is 2.30. The number of rotatable bonds is 9. The third kappa shape index (κ3) is 6.43. The molecule has 134 valence electrons. The Kier molecular flexibility index (Phi) is 7.22. The molecular formula is C19H26N4O2. The number of nitrogens with one attached hydrogen (secondary N) is 2. The molecule has 0 saturated heterocycles. The van der Waals surface area contributed by atoms with Crippen LogP contribution in [0.4, 0.5) is 5.69 Å². The van der Waals surface area contributed by atoms with Gasteiger partial charge in [-0.05, 0) is 50.3 Å². The second-order valence-corrected chi connectivity index (χ2v) is 6.01. The fourth-order valence-electron chi connectivity index (χ4n) is 2.29. The maximum Gasteiger partial charge on any atom is 0.269 e. The minimum absolute atomic E-state index is 0.162. The van der Waals surface area contributed by atoms with Crippen LogP contribution in [-0.2, 0) is 6.42 Å². The third-order valence-corrected chi connectivity index (χ3v) is 3.74. The van der Waals surface area contributed by atoms with Crippen LogP contribution in [-0.4, -0.2) is 56.6 Å². The van der Waals surface area contributed by atoms with E-state index in [9.17, 15) is 4.79 Å². The Morgan fingerprint density at radius 1 is 1.16 bits per heavy atom. The number of hydrogen-bond acceptors (Lipinski definition) is 5. The zero-order valence-electron chi connectivity index (χ0n) is 15.1. The molecule has 2 N–H and O–H groups in total. The molecule has 25 heavy (non-hydrogen) atoms. The molecule has 0 aliphatic carbocycles. The summed E-state index contributed by atoms with van der Waals surface area (Å²) in [5.74, 6) is 0.667. The monoisotopic (exact) mass is 342 g/mol. The fourth-order valence-corrected chi connectivity index (χ4v) is 2.29. The van der Waals surface area contributed by atoms with E-state index in [4.69, 9.17) is 4.74 Å². The largest absolute Gasteiger partial charge is 0.497 e. The molecule has 1 heterocycles. The number of carbonyl (C=O) groups excluding carboxylic acids is 1. The van der Waals surface area contributed by atoms with Crippen LogP contribution in [0.1, 0.15) is 16.1 Å². The molecular weight excluding hydrogens is 316 g/mol. The highest BCUT2D eigenvalue weighted by molar-refractivity contribution is 5.93. The molecule has 1 amide bonds. The second kappa shape index (κ2) is 9.64. The molecule has 0 fully saturated rings. The van der Waals surface area contributed by atoms with Crippen LogP contribution in [0.15, 0.2) is 42.6 Å². The number of benzene rings is 1. The van der Waals surface area contributed by atoms with Gasteiger partial charge in [-0.3, -0.25) is 9.78 Å². The van der Waals surface area contributed by atoms with Crippen LogP contribution in [0, 0.1) is 0 Å². The number of hydrogen-bond donors (Lipinski definition) is 2. The lowest BCUT2D eigenvalue weighted by molar-refractivity contribution is 0.0949. The van der Waals surface area contributed by atoms with Crippen molar-refractivity contribution in [2.24, 2.45) is 0 Å². The Balaban J connectivity index is 1.81. The predicted molar refractivity (Wildman–Crippen MR) is 100 cm³/mol. The van der Waals surface area contributed by atoms with Gasteiger partial charge in [0.1, 0.15) is 11.4 Å². The van der Waals surface area contributed by atoms with E-state index < -0.39 is 0 Å². The lowest BCUT2D eigenvalue weighted by Crippen LogP contribution is -2.26. The Bertz CT molecular complexity index is 671. The van der Waals surface area contributed by atoms with Gasteiger partial charge >= 0.3 is 0 Å². The molecule has 6 heteroatoms. The van der Waals surface area contributed by atoms with E-state index >= 15 is 0 Å². The molecule has 0 bridgehead atoms. The molecule has 1 aromatic heterocycles. The fraction of sp³-hybridized carbons (Fsp3) is 0.368. The van der Waals surface area contributed by atoms with Crippen molar-refractivity contribution >= 4 is 11.6 Å². The van der Waals surface area contributed by atoms with E-state index in [2.05, 4.69) is 20.5 Å². The van der Waals surface area contributed by atoms with Crippen molar-refractivity contribution < 1.29 is 9.53 Å². The molecule has 0 saturated carbocycles. The van der Waals surface area contributed by atoms with Crippen molar-refractivity contribution in [3.63, 3.8) is 0 Å². The van der Waals surface area contributed by atoms with Gasteiger partial charge in [-0.15, -0.1) is 0 Å². The van der Waals surface area contributed by atoms with Gasteiger partial charge in [0.05, 0.1) is 7.11 Å². The van der Waals surface area contributed by atoms with Gasteiger partial charge < -0.3 is 20.3 Å². The molecule has 0 unspecified atom stereocenters. The van der Waals surface area contributed by atoms with E-state index in [0.29, 0.717) is 12.2 Å². The summed E-state index contributed by atoms with van der Waals surface area (Å²) in [5.41, 5.74) is 2.47. The van der Waals surface area contributed by atoms with Gasteiger partial charge in [0.15, 0.2) is 0 Å². The number of anilines is 1. The summed E-state index contributed by atoms with van der Waals surface area (Å²) in [6, 6.07) is 11.5. The lowest BCUT2D eigenvalue weighted by atomic mass is 10.1. The first-order valence-corrected chi connectivity index (χ1v) is 8.34. The van der Waals surface area contributed by atoms with Crippen molar-refractivity contribution in [2.75, 3.05) is 46.2 Å². The number of amides is 1. The van der Waals surface area contributed by atoms with Gasteiger partial charge in [0, 0.05) is 31.5 Å². The maximum atomic E-state index is 12.2. The Hall–Kier alpha value is -2.60. The highest BCUT2D eigenvalue weighted by atomic mass is 16.5. The highest BCUT2D eigenvalue weighted by Crippen LogP contribution is 2.11. The van der Waals surface area contributed by atoms with E-state index in [0.717, 1.165) is 36.5 Å². The summed E-state index contributed by atoms with van der Waals surface area (Å²) in [7, 11) is 5.69. The molecule has 0 radical (unpaired) electrons. The third-order valence-electron chi connectivity index (χ3n) is 3.74. The zero-order valence-corrected chi connectivity index (χ0v) is 15.1. The quantitative estimate of drug-likeness (QED) is 0.730. The Labute approximate surface area is 149 Å². The molecule has 2 aromatic rings. The van der Waals surface area contributed by atoms with Crippen LogP contribution in [0.25, 0.3) is 0 Å². The Morgan fingerprint density at radius 2 is 1.92 bits per heavy atom. The van der Waals surface area contributed by atoms with Crippen molar-refractivity contribution in [1.82, 2.24) is 15.2 Å². The number of aromatic nitrogens is 1. The van der Waals surface area contributed by atoms with E-state index in [-0.39, 0.29) is 5.91 Å². The van der Waals surface area contributed by atoms with E-state index in [1.54, 1.807) is 19.4 Å². The topological polar surface area (TPSA) is 66.5 Å². The molecule has 2 rings (SSSR count). The average Bonchev–Trinajstić information content (AvgIpc) is 2.62. The first-order chi connectivity index (χ1) is 12.1. The van der Waals surface area contributed by atoms with Gasteiger partial charge in [-0.2, -0.15) is 0 Å². The summed E-state index contributed by atoms with van der Waals surface area (Å²) in [5, 5.41) is 6.20. The smallest absolute Gasteiger partial charge is 0.269 e. The average molecular weight is 342 g/mol. The van der Waals surface area contributed by atoms with Gasteiger partial charge in [-0.1, -0.05) is 12.1 Å². The first kappa shape index (κ1) is 18.7. The Morgan fingerprint density at radius 3 is 2.60 bits per heavy atom. The molecule has 1 aromatic carbocycles. The normalized spacial score (nSPS) is 10.6. The molecule has 0 spiro atoms. The van der Waals surface area contributed by atoms with Gasteiger partial charge in [0.25, 0.3) is 5.91 Å². The van der Waals surface area contributed by atoms with Crippen LogP contribution in [0.5, 0.6) is 5.75 Å². The van der Waals surface area contributed by atoms with E-state index in [1.807, 2.05) is 44.4 Å².